The maximum Gasteiger partial charge on any atom is 0.408 e. The molecule has 0 saturated heterocycles. The molecule has 0 aliphatic rings. The quantitative estimate of drug-likeness (QED) is 0.202. The first-order valence-corrected chi connectivity index (χ1v) is 12.1. The van der Waals surface area contributed by atoms with Crippen LogP contribution in [0.25, 0.3) is 0 Å². The highest BCUT2D eigenvalue weighted by Crippen LogP contribution is 2.15. The van der Waals surface area contributed by atoms with Gasteiger partial charge in [-0.2, -0.15) is 10.4 Å². The Balaban J connectivity index is 1.30. The number of ether oxygens (including phenoxy) is 2. The number of alkyl carbamates (subject to hydrolysis) is 1. The summed E-state index contributed by atoms with van der Waals surface area (Å²) in [6.45, 7) is 0.347. The normalized spacial score (nSPS) is 11.4. The van der Waals surface area contributed by atoms with Gasteiger partial charge < -0.3 is 19.8 Å². The predicted molar refractivity (Wildman–Crippen MR) is 144 cm³/mol. The topological polar surface area (TPSA) is 141 Å². The number of hydrazone groups is 1. The van der Waals surface area contributed by atoms with Gasteiger partial charge in [0.2, 0.25) is 0 Å². The molecule has 10 nitrogen and oxygen atoms in total. The molecule has 0 saturated carbocycles. The molecule has 39 heavy (non-hydrogen) atoms. The minimum Gasteiger partial charge on any atom is -0.489 e. The number of hydrogen-bond donors (Lipinski definition) is 3. The highest BCUT2D eigenvalue weighted by atomic mass is 16.5. The molecule has 4 aromatic rings. The van der Waals surface area contributed by atoms with Crippen LogP contribution in [-0.4, -0.2) is 34.2 Å². The number of benzene rings is 3. The van der Waals surface area contributed by atoms with Gasteiger partial charge in [-0.25, -0.2) is 15.2 Å². The van der Waals surface area contributed by atoms with Crippen molar-refractivity contribution >= 4 is 18.2 Å². The van der Waals surface area contributed by atoms with Gasteiger partial charge in [0, 0.05) is 23.9 Å². The van der Waals surface area contributed by atoms with Crippen molar-refractivity contribution in [3.63, 3.8) is 0 Å². The lowest BCUT2D eigenvalue weighted by Gasteiger charge is -2.16. The Hall–Kier alpha value is -5.43. The maximum absolute atomic E-state index is 12.8. The van der Waals surface area contributed by atoms with E-state index >= 15 is 0 Å². The summed E-state index contributed by atoms with van der Waals surface area (Å²) in [5, 5.41) is 15.8. The lowest BCUT2D eigenvalue weighted by Crippen LogP contribution is -2.47. The van der Waals surface area contributed by atoms with Crippen molar-refractivity contribution in [2.24, 2.45) is 5.10 Å². The van der Waals surface area contributed by atoms with E-state index in [2.05, 4.69) is 31.9 Å². The van der Waals surface area contributed by atoms with Gasteiger partial charge in [-0.3, -0.25) is 4.79 Å². The number of aromatic nitrogens is 2. The molecule has 196 valence electrons. The minimum atomic E-state index is -0.946. The third-order valence-corrected chi connectivity index (χ3v) is 5.60. The van der Waals surface area contributed by atoms with E-state index in [1.165, 1.54) is 12.5 Å². The van der Waals surface area contributed by atoms with Gasteiger partial charge in [-0.1, -0.05) is 48.5 Å². The molecule has 1 heterocycles. The average molecular weight is 523 g/mol. The summed E-state index contributed by atoms with van der Waals surface area (Å²) in [6.07, 6.45) is 3.99. The van der Waals surface area contributed by atoms with Crippen LogP contribution in [0.3, 0.4) is 0 Å². The summed E-state index contributed by atoms with van der Waals surface area (Å²) < 4.78 is 11.0. The number of imidazole rings is 1. The second-order valence-corrected chi connectivity index (χ2v) is 8.40. The first kappa shape index (κ1) is 26.6. The van der Waals surface area contributed by atoms with Crippen molar-refractivity contribution in [1.82, 2.24) is 20.7 Å². The number of hydrogen-bond acceptors (Lipinski definition) is 7. The predicted octanol–water partition coefficient (Wildman–Crippen LogP) is 3.85. The molecule has 0 aliphatic heterocycles. The van der Waals surface area contributed by atoms with E-state index in [-0.39, 0.29) is 19.6 Å². The van der Waals surface area contributed by atoms with Crippen LogP contribution >= 0.6 is 0 Å². The smallest absolute Gasteiger partial charge is 0.408 e. The van der Waals surface area contributed by atoms with Crippen LogP contribution in [0.2, 0.25) is 0 Å². The van der Waals surface area contributed by atoms with E-state index in [0.29, 0.717) is 17.0 Å². The first-order valence-electron chi connectivity index (χ1n) is 12.1. The number of carbonyl (C=O) groups is 2. The molecule has 1 atom stereocenters. The van der Waals surface area contributed by atoms with E-state index in [0.717, 1.165) is 16.7 Å². The number of carbonyl (C=O) groups excluding carboxylic acids is 2. The SMILES string of the molecule is N#Cc1ccccc1COc1ccc(/C=N\NC(=O)[C@@H](Cc2cnc[nH]2)NC(=O)OCc2ccccc2)cc1. The van der Waals surface area contributed by atoms with Crippen molar-refractivity contribution in [2.45, 2.75) is 25.7 Å². The molecule has 0 spiro atoms. The van der Waals surface area contributed by atoms with Crippen LogP contribution in [0.4, 0.5) is 4.79 Å². The summed E-state index contributed by atoms with van der Waals surface area (Å²) in [4.78, 5) is 32.1. The minimum absolute atomic E-state index is 0.0772. The maximum atomic E-state index is 12.8. The van der Waals surface area contributed by atoms with Gasteiger partial charge in [0.1, 0.15) is 25.0 Å². The molecule has 1 aromatic heterocycles. The Morgan fingerprint density at radius 3 is 2.54 bits per heavy atom. The van der Waals surface area contributed by atoms with Gasteiger partial charge in [-0.05, 0) is 41.5 Å². The fourth-order valence-corrected chi connectivity index (χ4v) is 3.55. The van der Waals surface area contributed by atoms with E-state index in [4.69, 9.17) is 9.47 Å². The Labute approximate surface area is 225 Å². The number of rotatable bonds is 11. The molecule has 0 bridgehead atoms. The molecule has 3 aromatic carbocycles. The molecule has 0 aliphatic carbocycles. The monoisotopic (exact) mass is 522 g/mol. The van der Waals surface area contributed by atoms with Crippen molar-refractivity contribution in [1.29, 1.82) is 5.26 Å². The van der Waals surface area contributed by atoms with Crippen LogP contribution in [0, 0.1) is 11.3 Å². The zero-order valence-corrected chi connectivity index (χ0v) is 20.9. The lowest BCUT2D eigenvalue weighted by molar-refractivity contribution is -0.123. The Kier molecular flexibility index (Phi) is 9.40. The van der Waals surface area contributed by atoms with E-state index in [1.54, 1.807) is 36.5 Å². The number of nitrogens with one attached hydrogen (secondary N) is 3. The Morgan fingerprint density at radius 1 is 1.03 bits per heavy atom. The Morgan fingerprint density at radius 2 is 1.79 bits per heavy atom. The zero-order chi connectivity index (χ0) is 27.3. The molecule has 0 unspecified atom stereocenters. The summed E-state index contributed by atoms with van der Waals surface area (Å²) in [5.74, 6) is 0.107. The van der Waals surface area contributed by atoms with Crippen molar-refractivity contribution in [2.75, 3.05) is 0 Å². The molecular formula is C29H26N6O4. The van der Waals surface area contributed by atoms with Crippen LogP contribution in [0.15, 0.2) is 96.5 Å². The number of H-pyrrole nitrogens is 1. The van der Waals surface area contributed by atoms with Crippen LogP contribution in [0.5, 0.6) is 5.75 Å². The van der Waals surface area contributed by atoms with E-state index in [1.807, 2.05) is 48.5 Å². The van der Waals surface area contributed by atoms with Gasteiger partial charge in [-0.15, -0.1) is 0 Å². The standard InChI is InChI=1S/C29H26N6O4/c30-15-23-8-4-5-9-24(23)19-38-26-12-10-21(11-13-26)16-33-35-28(36)27(14-25-17-31-20-32-25)34-29(37)39-18-22-6-2-1-3-7-22/h1-13,16-17,20,27H,14,18-19H2,(H,31,32)(H,34,37)(H,35,36)/b33-16-/t27-/m1/s1. The van der Waals surface area contributed by atoms with Gasteiger partial charge in [0.05, 0.1) is 24.2 Å². The van der Waals surface area contributed by atoms with Crippen molar-refractivity contribution < 1.29 is 19.1 Å². The molecule has 4 rings (SSSR count). The number of nitrogens with zero attached hydrogens (tertiary/aromatic N) is 3. The van der Waals surface area contributed by atoms with E-state index in [9.17, 15) is 14.9 Å². The summed E-state index contributed by atoms with van der Waals surface area (Å²) >= 11 is 0. The summed E-state index contributed by atoms with van der Waals surface area (Å²) in [6, 6.07) is 24.8. The van der Waals surface area contributed by atoms with Crippen LogP contribution in [-0.2, 0) is 29.2 Å². The van der Waals surface area contributed by atoms with Gasteiger partial charge in [0.25, 0.3) is 5.91 Å². The average Bonchev–Trinajstić information content (AvgIpc) is 3.49. The largest absolute Gasteiger partial charge is 0.489 e. The van der Waals surface area contributed by atoms with Crippen LogP contribution < -0.4 is 15.5 Å². The number of amides is 2. The Bertz CT molecular complexity index is 1430. The zero-order valence-electron chi connectivity index (χ0n) is 20.9. The summed E-state index contributed by atoms with van der Waals surface area (Å²) in [5.41, 5.74) is 6.05. The van der Waals surface area contributed by atoms with Crippen molar-refractivity contribution in [3.05, 3.63) is 119 Å². The number of aromatic amines is 1. The summed E-state index contributed by atoms with van der Waals surface area (Å²) in [7, 11) is 0. The first-order chi connectivity index (χ1) is 19.1. The molecule has 0 radical (unpaired) electrons. The molecule has 3 N–H and O–H groups in total. The van der Waals surface area contributed by atoms with E-state index < -0.39 is 18.0 Å². The van der Waals surface area contributed by atoms with Gasteiger partial charge >= 0.3 is 6.09 Å². The fourth-order valence-electron chi connectivity index (χ4n) is 3.55. The third-order valence-electron chi connectivity index (χ3n) is 5.60. The third kappa shape index (κ3) is 8.30. The molecule has 0 fully saturated rings. The van der Waals surface area contributed by atoms with Gasteiger partial charge in [0.15, 0.2) is 0 Å². The van der Waals surface area contributed by atoms with Crippen LogP contribution in [0.1, 0.15) is 27.9 Å². The second-order valence-electron chi connectivity index (χ2n) is 8.40. The molecular weight excluding hydrogens is 496 g/mol. The highest BCUT2D eigenvalue weighted by molar-refractivity contribution is 5.87. The molecule has 2 amide bonds. The lowest BCUT2D eigenvalue weighted by atomic mass is 10.1. The van der Waals surface area contributed by atoms with Crippen molar-refractivity contribution in [3.8, 4) is 11.8 Å². The number of nitriles is 1. The second kappa shape index (κ2) is 13.8. The fraction of sp³-hybridized carbons (Fsp3) is 0.138. The molecule has 10 heteroatoms. The highest BCUT2D eigenvalue weighted by Gasteiger charge is 2.22.